The smallest absolute Gasteiger partial charge is 0.203 e. The molecule has 2 aromatic carbocycles. The van der Waals surface area contributed by atoms with E-state index >= 15 is 0 Å². The van der Waals surface area contributed by atoms with Crippen LogP contribution >= 0.6 is 22.9 Å². The lowest BCUT2D eigenvalue weighted by Gasteiger charge is -2.07. The maximum atomic E-state index is 13.1. The Hall–Kier alpha value is -2.44. The number of anilines is 1. The summed E-state index contributed by atoms with van der Waals surface area (Å²) in [7, 11) is 0. The quantitative estimate of drug-likeness (QED) is 0.471. The molecule has 3 aromatic rings. The Morgan fingerprint density at radius 3 is 2.76 bits per heavy atom. The fourth-order valence-electron chi connectivity index (χ4n) is 2.01. The van der Waals surface area contributed by atoms with Gasteiger partial charge in [-0.2, -0.15) is 5.10 Å². The second-order valence-electron chi connectivity index (χ2n) is 5.27. The van der Waals surface area contributed by atoms with E-state index in [0.717, 1.165) is 22.0 Å². The highest BCUT2D eigenvalue weighted by molar-refractivity contribution is 7.13. The molecule has 25 heavy (non-hydrogen) atoms. The molecule has 0 saturated heterocycles. The van der Waals surface area contributed by atoms with E-state index in [4.69, 9.17) is 16.3 Å². The SMILES string of the molecule is Cc1csc(NN=Cc2ccc(OCc3ccc(F)c(Cl)c3)cc2)n1. The lowest BCUT2D eigenvalue weighted by Crippen LogP contribution is -1.96. The van der Waals surface area contributed by atoms with Gasteiger partial charge in [0.05, 0.1) is 16.9 Å². The third-order valence-electron chi connectivity index (χ3n) is 3.26. The van der Waals surface area contributed by atoms with Crippen molar-refractivity contribution in [2.24, 2.45) is 5.10 Å². The lowest BCUT2D eigenvalue weighted by molar-refractivity contribution is 0.306. The predicted molar refractivity (Wildman–Crippen MR) is 100 cm³/mol. The number of benzene rings is 2. The summed E-state index contributed by atoms with van der Waals surface area (Å²) in [6, 6.07) is 12.0. The van der Waals surface area contributed by atoms with Gasteiger partial charge in [-0.1, -0.05) is 17.7 Å². The Balaban J connectivity index is 1.53. The van der Waals surface area contributed by atoms with Crippen LogP contribution in [0.1, 0.15) is 16.8 Å². The van der Waals surface area contributed by atoms with Gasteiger partial charge in [0.25, 0.3) is 0 Å². The van der Waals surface area contributed by atoms with Gasteiger partial charge in [-0.15, -0.1) is 11.3 Å². The van der Waals surface area contributed by atoms with Crippen molar-refractivity contribution in [2.45, 2.75) is 13.5 Å². The molecule has 0 aliphatic heterocycles. The van der Waals surface area contributed by atoms with Gasteiger partial charge in [0, 0.05) is 5.38 Å². The van der Waals surface area contributed by atoms with Crippen molar-refractivity contribution in [3.05, 3.63) is 75.5 Å². The first kappa shape index (κ1) is 17.4. The maximum absolute atomic E-state index is 13.1. The minimum absolute atomic E-state index is 0.0931. The summed E-state index contributed by atoms with van der Waals surface area (Å²) < 4.78 is 18.8. The number of hydrogen-bond donors (Lipinski definition) is 1. The highest BCUT2D eigenvalue weighted by Crippen LogP contribution is 2.19. The van der Waals surface area contributed by atoms with E-state index in [1.165, 1.54) is 17.4 Å². The minimum atomic E-state index is -0.435. The first-order chi connectivity index (χ1) is 12.1. The van der Waals surface area contributed by atoms with Crippen LogP contribution in [0, 0.1) is 12.7 Å². The van der Waals surface area contributed by atoms with Gasteiger partial charge in [-0.3, -0.25) is 5.43 Å². The summed E-state index contributed by atoms with van der Waals surface area (Å²) in [6.07, 6.45) is 1.71. The summed E-state index contributed by atoms with van der Waals surface area (Å²) >= 11 is 7.26. The van der Waals surface area contributed by atoms with Crippen LogP contribution in [-0.2, 0) is 6.61 Å². The van der Waals surface area contributed by atoms with Gasteiger partial charge in [-0.05, 0) is 54.4 Å². The number of nitrogens with zero attached hydrogens (tertiary/aromatic N) is 2. The zero-order valence-corrected chi connectivity index (χ0v) is 14.9. The normalized spacial score (nSPS) is 11.0. The Morgan fingerprint density at radius 2 is 2.08 bits per heavy atom. The molecule has 0 atom stereocenters. The largest absolute Gasteiger partial charge is 0.489 e. The molecule has 1 N–H and O–H groups in total. The van der Waals surface area contributed by atoms with Crippen molar-refractivity contribution < 1.29 is 9.13 Å². The highest BCUT2D eigenvalue weighted by Gasteiger charge is 2.02. The molecule has 0 aliphatic rings. The zero-order chi connectivity index (χ0) is 17.6. The van der Waals surface area contributed by atoms with Crippen LogP contribution in [0.25, 0.3) is 0 Å². The zero-order valence-electron chi connectivity index (χ0n) is 13.4. The maximum Gasteiger partial charge on any atom is 0.203 e. The first-order valence-corrected chi connectivity index (χ1v) is 8.74. The summed E-state index contributed by atoms with van der Waals surface area (Å²) in [5.41, 5.74) is 5.59. The van der Waals surface area contributed by atoms with Gasteiger partial charge >= 0.3 is 0 Å². The molecule has 4 nitrogen and oxygen atoms in total. The number of aromatic nitrogens is 1. The van der Waals surface area contributed by atoms with Gasteiger partial charge in [0.15, 0.2) is 0 Å². The fourth-order valence-corrected chi connectivity index (χ4v) is 2.85. The summed E-state index contributed by atoms with van der Waals surface area (Å²) in [6.45, 7) is 2.25. The number of halogens is 2. The van der Waals surface area contributed by atoms with Crippen molar-refractivity contribution in [1.29, 1.82) is 0 Å². The minimum Gasteiger partial charge on any atom is -0.489 e. The van der Waals surface area contributed by atoms with Crippen molar-refractivity contribution >= 4 is 34.3 Å². The number of ether oxygens (including phenoxy) is 1. The summed E-state index contributed by atoms with van der Waals surface area (Å²) in [5, 5.41) is 6.95. The van der Waals surface area contributed by atoms with E-state index in [9.17, 15) is 4.39 Å². The number of thiazole rings is 1. The van der Waals surface area contributed by atoms with Crippen molar-refractivity contribution in [1.82, 2.24) is 4.98 Å². The third-order valence-corrected chi connectivity index (χ3v) is 4.42. The average Bonchev–Trinajstić information content (AvgIpc) is 3.02. The van der Waals surface area contributed by atoms with Crippen molar-refractivity contribution in [2.75, 3.05) is 5.43 Å². The number of aryl methyl sites for hydroxylation is 1. The molecule has 1 aromatic heterocycles. The van der Waals surface area contributed by atoms with E-state index in [1.807, 2.05) is 36.6 Å². The molecule has 128 valence electrons. The van der Waals surface area contributed by atoms with Crippen LogP contribution in [0.2, 0.25) is 5.02 Å². The van der Waals surface area contributed by atoms with E-state index in [2.05, 4.69) is 15.5 Å². The second-order valence-corrected chi connectivity index (χ2v) is 6.54. The number of nitrogens with one attached hydrogen (secondary N) is 1. The fraction of sp³-hybridized carbons (Fsp3) is 0.111. The second kappa shape index (κ2) is 8.09. The molecule has 0 unspecified atom stereocenters. The van der Waals surface area contributed by atoms with Crippen LogP contribution < -0.4 is 10.2 Å². The van der Waals surface area contributed by atoms with Crippen LogP contribution in [0.4, 0.5) is 9.52 Å². The molecule has 0 radical (unpaired) electrons. The molecular formula is C18H15ClFN3OS. The third kappa shape index (κ3) is 5.01. The standard InChI is InChI=1S/C18H15ClFN3OS/c1-12-11-25-18(22-12)23-21-9-13-2-5-15(6-3-13)24-10-14-4-7-17(20)16(19)8-14/h2-9,11H,10H2,1H3,(H,22,23). The molecule has 0 bridgehead atoms. The van der Waals surface area contributed by atoms with Crippen molar-refractivity contribution in [3.63, 3.8) is 0 Å². The molecular weight excluding hydrogens is 361 g/mol. The van der Waals surface area contributed by atoms with E-state index in [0.29, 0.717) is 12.4 Å². The van der Waals surface area contributed by atoms with Gasteiger partial charge < -0.3 is 4.74 Å². The molecule has 3 rings (SSSR count). The molecule has 0 fully saturated rings. The van der Waals surface area contributed by atoms with Crippen LogP contribution in [0.15, 0.2) is 52.9 Å². The number of hydrazone groups is 1. The predicted octanol–water partition coefficient (Wildman–Crippen LogP) is 5.27. The van der Waals surface area contributed by atoms with Crippen LogP contribution in [-0.4, -0.2) is 11.2 Å². The van der Waals surface area contributed by atoms with Crippen LogP contribution in [0.3, 0.4) is 0 Å². The van der Waals surface area contributed by atoms with Gasteiger partial charge in [0.2, 0.25) is 5.13 Å². The molecule has 0 saturated carbocycles. The summed E-state index contributed by atoms with van der Waals surface area (Å²) in [4.78, 5) is 4.26. The average molecular weight is 376 g/mol. The molecule has 0 amide bonds. The number of hydrogen-bond acceptors (Lipinski definition) is 5. The Labute approximate surface area is 153 Å². The van der Waals surface area contributed by atoms with Gasteiger partial charge in [-0.25, -0.2) is 9.37 Å². The monoisotopic (exact) mass is 375 g/mol. The Kier molecular flexibility index (Phi) is 5.63. The number of rotatable bonds is 6. The van der Waals surface area contributed by atoms with Crippen molar-refractivity contribution in [3.8, 4) is 5.75 Å². The first-order valence-electron chi connectivity index (χ1n) is 7.48. The molecule has 7 heteroatoms. The van der Waals surface area contributed by atoms with Crippen LogP contribution in [0.5, 0.6) is 5.75 Å². The highest BCUT2D eigenvalue weighted by atomic mass is 35.5. The van der Waals surface area contributed by atoms with E-state index < -0.39 is 5.82 Å². The topological polar surface area (TPSA) is 46.5 Å². The Bertz CT molecular complexity index is 880. The van der Waals surface area contributed by atoms with E-state index in [-0.39, 0.29) is 5.02 Å². The Morgan fingerprint density at radius 1 is 1.28 bits per heavy atom. The molecule has 0 aliphatic carbocycles. The molecule has 1 heterocycles. The molecule has 0 spiro atoms. The van der Waals surface area contributed by atoms with E-state index in [1.54, 1.807) is 18.3 Å². The summed E-state index contributed by atoms with van der Waals surface area (Å²) in [5.74, 6) is 0.275. The lowest BCUT2D eigenvalue weighted by atomic mass is 10.2. The van der Waals surface area contributed by atoms with Gasteiger partial charge in [0.1, 0.15) is 18.2 Å².